The van der Waals surface area contributed by atoms with E-state index >= 15 is 0 Å². The summed E-state index contributed by atoms with van der Waals surface area (Å²) < 4.78 is 32.8. The third-order valence-electron chi connectivity index (χ3n) is 5.42. The molecule has 3 aromatic rings. The third-order valence-corrected chi connectivity index (χ3v) is 7.07. The number of benzene rings is 2. The number of ether oxygens (including phenoxy) is 1. The van der Waals surface area contributed by atoms with Crippen LogP contribution in [0.1, 0.15) is 30.2 Å². The Balaban J connectivity index is 1.79. The Morgan fingerprint density at radius 2 is 1.97 bits per heavy atom. The number of carbonyl (C=O) groups excluding carboxylic acids is 1. The average Bonchev–Trinajstić information content (AvgIpc) is 2.90. The summed E-state index contributed by atoms with van der Waals surface area (Å²) in [5.41, 5.74) is 2.25. The van der Waals surface area contributed by atoms with Gasteiger partial charge in [0.25, 0.3) is 0 Å². The Morgan fingerprint density at radius 1 is 1.19 bits per heavy atom. The van der Waals surface area contributed by atoms with E-state index < -0.39 is 10.0 Å². The van der Waals surface area contributed by atoms with Crippen LogP contribution in [0.4, 0.5) is 0 Å². The molecule has 8 nitrogen and oxygen atoms in total. The zero-order valence-corrected chi connectivity index (χ0v) is 22.1. The van der Waals surface area contributed by atoms with Gasteiger partial charge in [0, 0.05) is 42.3 Å². The van der Waals surface area contributed by atoms with Crippen LogP contribution >= 0.6 is 11.6 Å². The molecule has 0 unspecified atom stereocenters. The number of hydrogen-bond donors (Lipinski definition) is 1. The molecule has 0 atom stereocenters. The summed E-state index contributed by atoms with van der Waals surface area (Å²) in [6.07, 6.45) is 11.3. The van der Waals surface area contributed by atoms with Crippen molar-refractivity contribution in [2.45, 2.75) is 37.6 Å². The molecule has 0 spiro atoms. The Bertz CT molecular complexity index is 1330. The van der Waals surface area contributed by atoms with Crippen LogP contribution in [0.25, 0.3) is 0 Å². The molecule has 0 fully saturated rings. The summed E-state index contributed by atoms with van der Waals surface area (Å²) in [4.78, 5) is 23.4. The predicted octanol–water partition coefficient (Wildman–Crippen LogP) is 3.64. The molecule has 0 aliphatic rings. The predicted molar refractivity (Wildman–Crippen MR) is 143 cm³/mol. The first-order valence-corrected chi connectivity index (χ1v) is 13.6. The minimum absolute atomic E-state index is 0.0829. The zero-order chi connectivity index (χ0) is 26.7. The van der Waals surface area contributed by atoms with E-state index in [2.05, 4.69) is 20.6 Å². The van der Waals surface area contributed by atoms with Gasteiger partial charge in [0.05, 0.1) is 30.2 Å². The highest BCUT2D eigenvalue weighted by Gasteiger charge is 2.19. The number of nitrogens with zero attached hydrogens (tertiary/aromatic N) is 3. The van der Waals surface area contributed by atoms with Gasteiger partial charge < -0.3 is 9.64 Å². The Labute approximate surface area is 223 Å². The summed E-state index contributed by atoms with van der Waals surface area (Å²) in [5, 5.41) is 0.551. The Kier molecular flexibility index (Phi) is 10.4. The van der Waals surface area contributed by atoms with Crippen molar-refractivity contribution >= 4 is 27.5 Å². The van der Waals surface area contributed by atoms with Gasteiger partial charge in [-0.25, -0.2) is 8.42 Å². The standard InChI is InChI=1S/C27H29ClN4O4S/c1-3-12-31-37(34,35)25-8-5-21(6-9-25)11-15-32(27(33)18-24-19-29-13-14-30-24)20-22-17-23(28)7-10-26(22)36-16-4-2/h1,5-10,13-14,17,19,31H,4,11-12,15-16,18,20H2,2H3. The monoisotopic (exact) mass is 540 g/mol. The quantitative estimate of drug-likeness (QED) is 0.332. The minimum Gasteiger partial charge on any atom is -0.493 e. The summed E-state index contributed by atoms with van der Waals surface area (Å²) in [6.45, 7) is 3.17. The van der Waals surface area contributed by atoms with Gasteiger partial charge in [-0.2, -0.15) is 4.72 Å². The average molecular weight is 541 g/mol. The molecule has 10 heteroatoms. The van der Waals surface area contributed by atoms with E-state index in [9.17, 15) is 13.2 Å². The number of hydrogen-bond acceptors (Lipinski definition) is 6. The molecule has 1 N–H and O–H groups in total. The molecule has 2 aromatic carbocycles. The summed E-state index contributed by atoms with van der Waals surface area (Å²) in [7, 11) is -3.67. The molecule has 0 aliphatic heterocycles. The molecule has 0 aliphatic carbocycles. The van der Waals surface area contributed by atoms with Gasteiger partial charge in [0.1, 0.15) is 5.75 Å². The number of sulfonamides is 1. The second-order valence-corrected chi connectivity index (χ2v) is 10.4. The van der Waals surface area contributed by atoms with Gasteiger partial charge in [0.2, 0.25) is 15.9 Å². The van der Waals surface area contributed by atoms with Crippen LogP contribution in [0, 0.1) is 12.3 Å². The number of nitrogens with one attached hydrogen (secondary N) is 1. The minimum atomic E-state index is -3.67. The second kappa shape index (κ2) is 13.7. The van der Waals surface area contributed by atoms with Crippen molar-refractivity contribution in [2.24, 2.45) is 0 Å². The van der Waals surface area contributed by atoms with E-state index in [4.69, 9.17) is 22.8 Å². The molecule has 1 aromatic heterocycles. The normalized spacial score (nSPS) is 11.1. The fraction of sp³-hybridized carbons (Fsp3) is 0.296. The van der Waals surface area contributed by atoms with Crippen LogP contribution in [0.2, 0.25) is 5.02 Å². The van der Waals surface area contributed by atoms with E-state index in [1.54, 1.807) is 47.8 Å². The van der Waals surface area contributed by atoms with Crippen molar-refractivity contribution in [3.63, 3.8) is 0 Å². The number of carbonyl (C=O) groups is 1. The van der Waals surface area contributed by atoms with Crippen LogP contribution in [0.3, 0.4) is 0 Å². The molecule has 1 heterocycles. The first-order chi connectivity index (χ1) is 17.8. The molecule has 0 saturated carbocycles. The molecule has 37 heavy (non-hydrogen) atoms. The van der Waals surface area contributed by atoms with Gasteiger partial charge in [-0.05, 0) is 48.7 Å². The topological polar surface area (TPSA) is 101 Å². The fourth-order valence-corrected chi connectivity index (χ4v) is 4.66. The van der Waals surface area contributed by atoms with Gasteiger partial charge in [-0.1, -0.05) is 36.6 Å². The lowest BCUT2D eigenvalue weighted by Gasteiger charge is -2.24. The maximum absolute atomic E-state index is 13.3. The van der Waals surface area contributed by atoms with Gasteiger partial charge >= 0.3 is 0 Å². The van der Waals surface area contributed by atoms with Crippen LogP contribution in [0.15, 0.2) is 66.0 Å². The first kappa shape index (κ1) is 28.1. The van der Waals surface area contributed by atoms with Gasteiger partial charge in [0.15, 0.2) is 0 Å². The zero-order valence-electron chi connectivity index (χ0n) is 20.6. The molecule has 0 radical (unpaired) electrons. The smallest absolute Gasteiger partial charge is 0.241 e. The highest BCUT2D eigenvalue weighted by atomic mass is 35.5. The van der Waals surface area contributed by atoms with Crippen LogP contribution in [-0.2, 0) is 34.2 Å². The number of halogens is 1. The van der Waals surface area contributed by atoms with Gasteiger partial charge in [-0.15, -0.1) is 6.42 Å². The first-order valence-electron chi connectivity index (χ1n) is 11.8. The van der Waals surface area contributed by atoms with E-state index in [-0.39, 0.29) is 23.8 Å². The molecule has 0 saturated heterocycles. The van der Waals surface area contributed by atoms with Gasteiger partial charge in [-0.3, -0.25) is 14.8 Å². The van der Waals surface area contributed by atoms with Crippen molar-refractivity contribution in [3.05, 3.63) is 82.9 Å². The summed E-state index contributed by atoms with van der Waals surface area (Å²) >= 11 is 6.26. The number of amides is 1. The number of terminal acetylenes is 1. The lowest BCUT2D eigenvalue weighted by molar-refractivity contribution is -0.131. The Morgan fingerprint density at radius 3 is 2.65 bits per heavy atom. The maximum atomic E-state index is 13.3. The lowest BCUT2D eigenvalue weighted by atomic mass is 10.1. The number of rotatable bonds is 13. The van der Waals surface area contributed by atoms with Crippen molar-refractivity contribution in [3.8, 4) is 18.1 Å². The van der Waals surface area contributed by atoms with Crippen molar-refractivity contribution in [1.29, 1.82) is 0 Å². The largest absolute Gasteiger partial charge is 0.493 e. The van der Waals surface area contributed by atoms with E-state index in [1.165, 1.54) is 12.1 Å². The SMILES string of the molecule is C#CCNS(=O)(=O)c1ccc(CCN(Cc2cc(Cl)ccc2OCCC)C(=O)Cc2cnccn2)cc1. The van der Waals surface area contributed by atoms with E-state index in [0.717, 1.165) is 17.5 Å². The third kappa shape index (κ3) is 8.57. The fourth-order valence-electron chi connectivity index (χ4n) is 3.53. The molecule has 3 rings (SSSR count). The second-order valence-electron chi connectivity index (χ2n) is 8.21. The highest BCUT2D eigenvalue weighted by Crippen LogP contribution is 2.25. The Hall–Kier alpha value is -3.45. The summed E-state index contributed by atoms with van der Waals surface area (Å²) in [5.74, 6) is 2.80. The van der Waals surface area contributed by atoms with Crippen molar-refractivity contribution in [2.75, 3.05) is 19.7 Å². The van der Waals surface area contributed by atoms with E-state index in [1.807, 2.05) is 13.0 Å². The molecular formula is C27H29ClN4O4S. The summed E-state index contributed by atoms with van der Waals surface area (Å²) in [6, 6.07) is 11.9. The van der Waals surface area contributed by atoms with Crippen molar-refractivity contribution in [1.82, 2.24) is 19.6 Å². The van der Waals surface area contributed by atoms with Crippen molar-refractivity contribution < 1.29 is 17.9 Å². The maximum Gasteiger partial charge on any atom is 0.241 e. The molecular weight excluding hydrogens is 512 g/mol. The molecule has 1 amide bonds. The highest BCUT2D eigenvalue weighted by molar-refractivity contribution is 7.89. The van der Waals surface area contributed by atoms with E-state index in [0.29, 0.717) is 42.6 Å². The molecule has 194 valence electrons. The number of aromatic nitrogens is 2. The van der Waals surface area contributed by atoms with Crippen LogP contribution < -0.4 is 9.46 Å². The lowest BCUT2D eigenvalue weighted by Crippen LogP contribution is -2.34. The van der Waals surface area contributed by atoms with Crippen LogP contribution in [0.5, 0.6) is 5.75 Å². The molecule has 0 bridgehead atoms. The van der Waals surface area contributed by atoms with Crippen LogP contribution in [-0.4, -0.2) is 48.9 Å².